The van der Waals surface area contributed by atoms with Crippen molar-refractivity contribution in [1.82, 2.24) is 20.2 Å². The molecule has 4 atom stereocenters. The lowest BCUT2D eigenvalue weighted by Gasteiger charge is -2.35. The lowest BCUT2D eigenvalue weighted by Crippen LogP contribution is -2.51. The van der Waals surface area contributed by atoms with Crippen LogP contribution in [0.5, 0.6) is 5.88 Å². The van der Waals surface area contributed by atoms with Crippen molar-refractivity contribution in [3.63, 3.8) is 0 Å². The Hall–Kier alpha value is -2.88. The molecular weight excluding hydrogens is 537 g/mol. The van der Waals surface area contributed by atoms with Crippen LogP contribution in [0.2, 0.25) is 5.15 Å². The average Bonchev–Trinajstić information content (AvgIpc) is 3.26. The van der Waals surface area contributed by atoms with Crippen LogP contribution in [0.3, 0.4) is 0 Å². The van der Waals surface area contributed by atoms with Crippen molar-refractivity contribution in [2.75, 3.05) is 11.9 Å². The lowest BCUT2D eigenvalue weighted by molar-refractivity contribution is -0.119. The standard InChI is InChI=1S/C27H37ClFN5O4.C2H6/c1-8-9-13(2)34(26(36)38-27(5,6)7)12-17-15(4)37-25-20-19(21(29)23(28)33-25)14(3)22(32-24(20)31-17)16-10-11-18(35)30-16;1-2/h13,15-17H,8-12H2,1-7H3,(H,30,35)(H,31,32);1-2H3. The summed E-state index contributed by atoms with van der Waals surface area (Å²) in [4.78, 5) is 36.0. The topological polar surface area (TPSA) is 106 Å². The number of hydrogen-bond donors (Lipinski definition) is 2. The molecule has 222 valence electrons. The number of amides is 2. The molecule has 0 saturated carbocycles. The molecule has 0 aliphatic carbocycles. The van der Waals surface area contributed by atoms with E-state index in [4.69, 9.17) is 26.1 Å². The number of carbonyl (C=O) groups is 2. The summed E-state index contributed by atoms with van der Waals surface area (Å²) in [5, 5.41) is 6.69. The third kappa shape index (κ3) is 6.70. The Morgan fingerprint density at radius 1 is 1.25 bits per heavy atom. The Balaban J connectivity index is 0.00000216. The summed E-state index contributed by atoms with van der Waals surface area (Å²) in [6, 6.07) is -0.861. The highest BCUT2D eigenvalue weighted by Crippen LogP contribution is 2.42. The van der Waals surface area contributed by atoms with Crippen LogP contribution in [0.4, 0.5) is 15.0 Å². The van der Waals surface area contributed by atoms with E-state index in [0.717, 1.165) is 12.8 Å². The SMILES string of the molecule is CC.CCCC(C)N(CC1Nc2nc(C3CCC(=O)N3)c(C)c3c(F)c(Cl)nc(c23)OC1C)C(=O)OC(C)(C)C. The first kappa shape index (κ1) is 31.6. The zero-order chi connectivity index (χ0) is 29.9. The zero-order valence-corrected chi connectivity index (χ0v) is 25.8. The summed E-state index contributed by atoms with van der Waals surface area (Å²) in [6.07, 6.45) is 1.73. The number of nitrogens with zero attached hydrogens (tertiary/aromatic N) is 3. The van der Waals surface area contributed by atoms with Crippen LogP contribution in [0.15, 0.2) is 0 Å². The highest BCUT2D eigenvalue weighted by molar-refractivity contribution is 6.30. The van der Waals surface area contributed by atoms with Crippen LogP contribution >= 0.6 is 11.6 Å². The van der Waals surface area contributed by atoms with Crippen molar-refractivity contribution in [2.24, 2.45) is 0 Å². The van der Waals surface area contributed by atoms with Crippen LogP contribution in [-0.2, 0) is 9.53 Å². The first-order chi connectivity index (χ1) is 18.8. The minimum absolute atomic E-state index is 0.0724. The van der Waals surface area contributed by atoms with Gasteiger partial charge in [0.15, 0.2) is 11.0 Å². The van der Waals surface area contributed by atoms with Gasteiger partial charge in [-0.25, -0.2) is 14.2 Å². The fraction of sp³-hybridized carbons (Fsp3) is 0.655. The second-order valence-corrected chi connectivity index (χ2v) is 11.6. The average molecular weight is 580 g/mol. The summed E-state index contributed by atoms with van der Waals surface area (Å²) in [5.74, 6) is -0.189. The summed E-state index contributed by atoms with van der Waals surface area (Å²) < 4.78 is 27.4. The molecule has 0 spiro atoms. The largest absolute Gasteiger partial charge is 0.472 e. The molecule has 1 fully saturated rings. The van der Waals surface area contributed by atoms with E-state index < -0.39 is 29.7 Å². The summed E-state index contributed by atoms with van der Waals surface area (Å²) >= 11 is 6.21. The van der Waals surface area contributed by atoms with Gasteiger partial charge in [0, 0.05) is 24.4 Å². The molecule has 4 rings (SSSR count). The Morgan fingerprint density at radius 3 is 2.50 bits per heavy atom. The molecular formula is C29H43ClFN5O4. The number of hydrogen-bond acceptors (Lipinski definition) is 7. The van der Waals surface area contributed by atoms with E-state index in [2.05, 4.69) is 22.5 Å². The number of aryl methyl sites for hydroxylation is 1. The van der Waals surface area contributed by atoms with E-state index in [1.165, 1.54) is 0 Å². The van der Waals surface area contributed by atoms with Crippen LogP contribution in [-0.4, -0.2) is 57.2 Å². The molecule has 0 radical (unpaired) electrons. The smallest absolute Gasteiger partial charge is 0.410 e. The van der Waals surface area contributed by atoms with Gasteiger partial charge in [-0.1, -0.05) is 38.8 Å². The van der Waals surface area contributed by atoms with Crippen molar-refractivity contribution in [1.29, 1.82) is 0 Å². The van der Waals surface area contributed by atoms with Gasteiger partial charge in [0.05, 0.1) is 23.2 Å². The minimum Gasteiger partial charge on any atom is -0.472 e. The van der Waals surface area contributed by atoms with E-state index in [1.54, 1.807) is 11.8 Å². The third-order valence-electron chi connectivity index (χ3n) is 7.06. The fourth-order valence-corrected chi connectivity index (χ4v) is 5.28. The van der Waals surface area contributed by atoms with Crippen LogP contribution in [0.1, 0.15) is 98.4 Å². The Kier molecular flexibility index (Phi) is 10.1. The van der Waals surface area contributed by atoms with Crippen molar-refractivity contribution in [2.45, 2.75) is 118 Å². The fourth-order valence-electron chi connectivity index (χ4n) is 5.11. The number of rotatable bonds is 6. The molecule has 2 aromatic rings. The number of anilines is 1. The summed E-state index contributed by atoms with van der Waals surface area (Å²) in [7, 11) is 0. The van der Waals surface area contributed by atoms with E-state index in [0.29, 0.717) is 35.3 Å². The third-order valence-corrected chi connectivity index (χ3v) is 7.31. The van der Waals surface area contributed by atoms with Gasteiger partial charge < -0.3 is 25.0 Å². The van der Waals surface area contributed by atoms with Gasteiger partial charge in [-0.05, 0) is 59.9 Å². The number of halogens is 2. The molecule has 9 nitrogen and oxygen atoms in total. The Bertz CT molecular complexity index is 1250. The highest BCUT2D eigenvalue weighted by atomic mass is 35.5. The summed E-state index contributed by atoms with van der Waals surface area (Å²) in [6.45, 7) is 17.4. The zero-order valence-electron chi connectivity index (χ0n) is 25.1. The lowest BCUT2D eigenvalue weighted by atomic mass is 10.00. The molecule has 40 heavy (non-hydrogen) atoms. The molecule has 2 aliphatic rings. The van der Waals surface area contributed by atoms with Crippen molar-refractivity contribution in [3.05, 3.63) is 22.2 Å². The second-order valence-electron chi connectivity index (χ2n) is 11.2. The molecule has 2 amide bonds. The van der Waals surface area contributed by atoms with E-state index in [1.807, 2.05) is 48.5 Å². The maximum Gasteiger partial charge on any atom is 0.410 e. The van der Waals surface area contributed by atoms with Gasteiger partial charge in [-0.2, -0.15) is 4.98 Å². The molecule has 4 heterocycles. The number of carbonyl (C=O) groups excluding carboxylic acids is 2. The molecule has 0 bridgehead atoms. The van der Waals surface area contributed by atoms with Gasteiger partial charge in [0.25, 0.3) is 0 Å². The van der Waals surface area contributed by atoms with Crippen molar-refractivity contribution >= 4 is 40.2 Å². The maximum atomic E-state index is 15.5. The quantitative estimate of drug-likeness (QED) is 0.367. The molecule has 2 N–H and O–H groups in total. The van der Waals surface area contributed by atoms with E-state index >= 15 is 4.39 Å². The molecule has 11 heteroatoms. The number of aromatic nitrogens is 2. The first-order valence-electron chi connectivity index (χ1n) is 14.2. The Labute approximate surface area is 241 Å². The predicted octanol–water partition coefficient (Wildman–Crippen LogP) is 6.70. The molecule has 1 saturated heterocycles. The van der Waals surface area contributed by atoms with Crippen molar-refractivity contribution in [3.8, 4) is 5.88 Å². The minimum atomic E-state index is -0.666. The highest BCUT2D eigenvalue weighted by Gasteiger charge is 2.36. The number of ether oxygens (including phenoxy) is 2. The van der Waals surface area contributed by atoms with Crippen LogP contribution in [0.25, 0.3) is 10.8 Å². The van der Waals surface area contributed by atoms with E-state index in [-0.39, 0.29) is 41.0 Å². The molecule has 2 aromatic heterocycles. The molecule has 0 aromatic carbocycles. The number of pyridine rings is 2. The normalized spacial score (nSPS) is 20.9. The number of nitrogens with one attached hydrogen (secondary N) is 2. The molecule has 2 aliphatic heterocycles. The predicted molar refractivity (Wildman–Crippen MR) is 156 cm³/mol. The summed E-state index contributed by atoms with van der Waals surface area (Å²) in [5.41, 5.74) is 0.483. The van der Waals surface area contributed by atoms with Gasteiger partial charge in [-0.3, -0.25) is 4.79 Å². The Morgan fingerprint density at radius 2 is 1.93 bits per heavy atom. The monoisotopic (exact) mass is 579 g/mol. The van der Waals surface area contributed by atoms with E-state index in [9.17, 15) is 9.59 Å². The maximum absolute atomic E-state index is 15.5. The van der Waals surface area contributed by atoms with Crippen LogP contribution < -0.4 is 15.4 Å². The van der Waals surface area contributed by atoms with Gasteiger partial charge in [0.2, 0.25) is 11.8 Å². The van der Waals surface area contributed by atoms with Gasteiger partial charge in [-0.15, -0.1) is 0 Å². The van der Waals surface area contributed by atoms with Gasteiger partial charge in [0.1, 0.15) is 17.5 Å². The van der Waals surface area contributed by atoms with Crippen molar-refractivity contribution < 1.29 is 23.5 Å². The molecule has 4 unspecified atom stereocenters. The van der Waals surface area contributed by atoms with Crippen LogP contribution in [0, 0.1) is 12.7 Å². The van der Waals surface area contributed by atoms with Gasteiger partial charge >= 0.3 is 6.09 Å². The first-order valence-corrected chi connectivity index (χ1v) is 14.6. The second kappa shape index (κ2) is 12.7.